The van der Waals surface area contributed by atoms with Gasteiger partial charge in [0.15, 0.2) is 0 Å². The van der Waals surface area contributed by atoms with Crippen molar-refractivity contribution < 1.29 is 19.1 Å². The fraction of sp³-hybridized carbons (Fsp3) is 0.207. The quantitative estimate of drug-likeness (QED) is 0.173. The molecule has 0 saturated carbocycles. The summed E-state index contributed by atoms with van der Waals surface area (Å²) in [7, 11) is 0. The molecule has 8 nitrogen and oxygen atoms in total. The van der Waals surface area contributed by atoms with Crippen LogP contribution in [0.25, 0.3) is 10.9 Å². The Balaban J connectivity index is 1.53. The molecule has 0 aliphatic heterocycles. The van der Waals surface area contributed by atoms with Crippen molar-refractivity contribution in [3.8, 4) is 5.75 Å². The van der Waals surface area contributed by atoms with E-state index in [0.29, 0.717) is 34.6 Å². The molecule has 0 spiro atoms. The number of ether oxygens (including phenoxy) is 1. The van der Waals surface area contributed by atoms with Crippen LogP contribution >= 0.6 is 15.9 Å². The predicted molar refractivity (Wildman–Crippen MR) is 153 cm³/mol. The van der Waals surface area contributed by atoms with Gasteiger partial charge >= 0.3 is 11.8 Å². The predicted octanol–water partition coefficient (Wildman–Crippen LogP) is 6.16. The smallest absolute Gasteiger partial charge is 0.328 e. The number of benzene rings is 3. The Labute approximate surface area is 229 Å². The van der Waals surface area contributed by atoms with Gasteiger partial charge in [-0.25, -0.2) is 4.68 Å². The zero-order valence-corrected chi connectivity index (χ0v) is 23.0. The highest BCUT2D eigenvalue weighted by atomic mass is 79.9. The highest BCUT2D eigenvalue weighted by Crippen LogP contribution is 2.25. The molecule has 196 valence electrons. The van der Waals surface area contributed by atoms with E-state index < -0.39 is 17.7 Å². The lowest BCUT2D eigenvalue weighted by molar-refractivity contribution is -0.133. The van der Waals surface area contributed by atoms with Crippen LogP contribution in [0.5, 0.6) is 5.75 Å². The number of aryl methyl sites for hydroxylation is 1. The number of anilines is 2. The van der Waals surface area contributed by atoms with Gasteiger partial charge in [-0.1, -0.05) is 41.4 Å². The molecule has 38 heavy (non-hydrogen) atoms. The summed E-state index contributed by atoms with van der Waals surface area (Å²) < 4.78 is 7.77. The van der Waals surface area contributed by atoms with E-state index in [1.807, 2.05) is 38.1 Å². The maximum absolute atomic E-state index is 13.3. The maximum Gasteiger partial charge on any atom is 0.328 e. The topological polar surface area (TPSA) is 101 Å². The van der Waals surface area contributed by atoms with E-state index >= 15 is 0 Å². The first-order valence-electron chi connectivity index (χ1n) is 12.3. The van der Waals surface area contributed by atoms with Gasteiger partial charge < -0.3 is 15.4 Å². The van der Waals surface area contributed by atoms with E-state index in [1.54, 1.807) is 42.5 Å². The van der Waals surface area contributed by atoms with Gasteiger partial charge in [0.25, 0.3) is 5.91 Å². The van der Waals surface area contributed by atoms with Crippen LogP contribution in [0.3, 0.4) is 0 Å². The van der Waals surface area contributed by atoms with Crippen molar-refractivity contribution in [2.24, 2.45) is 0 Å². The van der Waals surface area contributed by atoms with Gasteiger partial charge in [-0.05, 0) is 86.0 Å². The first-order valence-corrected chi connectivity index (χ1v) is 13.1. The number of hydrogen-bond acceptors (Lipinski definition) is 4. The molecule has 3 amide bonds. The number of nitrogens with zero attached hydrogens (tertiary/aromatic N) is 1. The van der Waals surface area contributed by atoms with Crippen molar-refractivity contribution >= 4 is 55.9 Å². The number of rotatable bonds is 8. The zero-order valence-electron chi connectivity index (χ0n) is 21.4. The first kappa shape index (κ1) is 26.9. The zero-order chi connectivity index (χ0) is 27.2. The van der Waals surface area contributed by atoms with E-state index in [-0.39, 0.29) is 5.69 Å². The van der Waals surface area contributed by atoms with Crippen molar-refractivity contribution in [2.45, 2.75) is 33.6 Å². The molecule has 4 aromatic rings. The van der Waals surface area contributed by atoms with Crippen LogP contribution in [0.1, 0.15) is 41.4 Å². The molecule has 0 aliphatic carbocycles. The van der Waals surface area contributed by atoms with Gasteiger partial charge in [-0.15, -0.1) is 0 Å². The van der Waals surface area contributed by atoms with Crippen LogP contribution in [0, 0.1) is 13.8 Å². The molecular weight excluding hydrogens is 548 g/mol. The minimum Gasteiger partial charge on any atom is -0.494 e. The number of fused-ring (bicyclic) bond motifs is 1. The van der Waals surface area contributed by atoms with Gasteiger partial charge in [-0.3, -0.25) is 19.8 Å². The Morgan fingerprint density at radius 3 is 2.42 bits per heavy atom. The lowest BCUT2D eigenvalue weighted by Gasteiger charge is -2.14. The fourth-order valence-corrected chi connectivity index (χ4v) is 4.23. The molecule has 0 bridgehead atoms. The standard InChI is InChI=1S/C29H29BrN4O4/c1-4-5-15-38-23-12-10-22(11-13-23)31-28(36)29(37)33-34-25-14-9-21(30)16-20(25)17-26(34)27(35)32-24-8-6-7-18(2)19(24)3/h6-14,16-17H,4-5,15H2,1-3H3,(H,31,36)(H,32,35)(H,33,37). The lowest BCUT2D eigenvalue weighted by atomic mass is 10.1. The van der Waals surface area contributed by atoms with Crippen molar-refractivity contribution in [1.82, 2.24) is 4.68 Å². The number of nitrogens with one attached hydrogen (secondary N) is 3. The molecule has 4 rings (SSSR count). The van der Waals surface area contributed by atoms with E-state index in [0.717, 1.165) is 28.4 Å². The van der Waals surface area contributed by atoms with E-state index in [1.165, 1.54) is 4.68 Å². The molecule has 3 N–H and O–H groups in total. The van der Waals surface area contributed by atoms with Crippen LogP contribution in [-0.4, -0.2) is 29.0 Å². The average molecular weight is 577 g/mol. The number of unbranched alkanes of at least 4 members (excludes halogenated alkanes) is 1. The Morgan fingerprint density at radius 2 is 1.68 bits per heavy atom. The Kier molecular flexibility index (Phi) is 8.48. The minimum atomic E-state index is -0.922. The minimum absolute atomic E-state index is 0.175. The molecule has 1 heterocycles. The van der Waals surface area contributed by atoms with Crippen molar-refractivity contribution in [3.63, 3.8) is 0 Å². The first-order chi connectivity index (χ1) is 18.3. The molecule has 9 heteroatoms. The molecule has 0 atom stereocenters. The average Bonchev–Trinajstić information content (AvgIpc) is 3.25. The SMILES string of the molecule is CCCCOc1ccc(NC(=O)C(=O)Nn2c(C(=O)Nc3cccc(C)c3C)cc3cc(Br)ccc32)cc1. The van der Waals surface area contributed by atoms with Crippen LogP contribution in [0.2, 0.25) is 0 Å². The van der Waals surface area contributed by atoms with Crippen LogP contribution in [0.15, 0.2) is 71.2 Å². The van der Waals surface area contributed by atoms with Crippen LogP contribution < -0.4 is 20.8 Å². The monoisotopic (exact) mass is 576 g/mol. The van der Waals surface area contributed by atoms with Crippen molar-refractivity contribution in [1.29, 1.82) is 0 Å². The van der Waals surface area contributed by atoms with E-state index in [9.17, 15) is 14.4 Å². The highest BCUT2D eigenvalue weighted by molar-refractivity contribution is 9.10. The summed E-state index contributed by atoms with van der Waals surface area (Å²) in [6, 6.07) is 19.5. The largest absolute Gasteiger partial charge is 0.494 e. The molecule has 0 aliphatic rings. The second kappa shape index (κ2) is 12.0. The van der Waals surface area contributed by atoms with Gasteiger partial charge in [0, 0.05) is 21.2 Å². The number of amides is 3. The summed E-state index contributed by atoms with van der Waals surface area (Å²) in [5.74, 6) is -1.53. The Hall–Kier alpha value is -4.11. The molecule has 0 fully saturated rings. The van der Waals surface area contributed by atoms with Gasteiger partial charge in [0.05, 0.1) is 12.1 Å². The molecule has 0 saturated heterocycles. The Morgan fingerprint density at radius 1 is 0.921 bits per heavy atom. The summed E-state index contributed by atoms with van der Waals surface area (Å²) in [6.07, 6.45) is 1.99. The van der Waals surface area contributed by atoms with Crippen molar-refractivity contribution in [3.05, 3.63) is 88.0 Å². The van der Waals surface area contributed by atoms with E-state index in [2.05, 4.69) is 38.9 Å². The summed E-state index contributed by atoms with van der Waals surface area (Å²) in [6.45, 7) is 6.59. The second-order valence-corrected chi connectivity index (χ2v) is 9.81. The number of hydrogen-bond donors (Lipinski definition) is 3. The Bertz CT molecular complexity index is 1490. The van der Waals surface area contributed by atoms with Gasteiger partial charge in [-0.2, -0.15) is 0 Å². The van der Waals surface area contributed by atoms with E-state index in [4.69, 9.17) is 4.74 Å². The number of aromatic nitrogens is 1. The summed E-state index contributed by atoms with van der Waals surface area (Å²) >= 11 is 3.44. The number of carbonyl (C=O) groups is 3. The number of carbonyl (C=O) groups excluding carboxylic acids is 3. The van der Waals surface area contributed by atoms with Crippen molar-refractivity contribution in [2.75, 3.05) is 22.7 Å². The number of halogens is 1. The maximum atomic E-state index is 13.3. The molecule has 1 aromatic heterocycles. The summed E-state index contributed by atoms with van der Waals surface area (Å²) in [5.41, 5.74) is 6.41. The molecule has 0 unspecified atom stereocenters. The molecule has 3 aromatic carbocycles. The third kappa shape index (κ3) is 6.23. The summed E-state index contributed by atoms with van der Waals surface area (Å²) in [4.78, 5) is 38.9. The highest BCUT2D eigenvalue weighted by Gasteiger charge is 2.21. The van der Waals surface area contributed by atoms with Crippen LogP contribution in [-0.2, 0) is 9.59 Å². The fourth-order valence-electron chi connectivity index (χ4n) is 3.86. The molecular formula is C29H29BrN4O4. The van der Waals surface area contributed by atoms with Gasteiger partial charge in [0.2, 0.25) is 0 Å². The third-order valence-corrected chi connectivity index (χ3v) is 6.64. The van der Waals surface area contributed by atoms with Gasteiger partial charge in [0.1, 0.15) is 11.4 Å². The third-order valence-electron chi connectivity index (χ3n) is 6.15. The second-order valence-electron chi connectivity index (χ2n) is 8.89. The normalized spacial score (nSPS) is 10.7. The summed E-state index contributed by atoms with van der Waals surface area (Å²) in [5, 5.41) is 6.21. The molecule has 0 radical (unpaired) electrons. The lowest BCUT2D eigenvalue weighted by Crippen LogP contribution is -2.36. The van der Waals surface area contributed by atoms with Crippen LogP contribution in [0.4, 0.5) is 11.4 Å².